The first-order valence-electron chi connectivity index (χ1n) is 9.24. The van der Waals surface area contributed by atoms with Crippen LogP contribution in [0.3, 0.4) is 0 Å². The summed E-state index contributed by atoms with van der Waals surface area (Å²) in [6.45, 7) is 5.68. The Balaban J connectivity index is 1.65. The number of amides is 1. The molecule has 0 saturated heterocycles. The van der Waals surface area contributed by atoms with E-state index in [1.165, 1.54) is 0 Å². The Labute approximate surface area is 182 Å². The Hall–Kier alpha value is -2.68. The van der Waals surface area contributed by atoms with Gasteiger partial charge in [0.2, 0.25) is 0 Å². The Bertz CT molecular complexity index is 1070. The smallest absolute Gasteiger partial charge is 0.410 e. The molecule has 158 valence electrons. The first-order chi connectivity index (χ1) is 14.3. The summed E-state index contributed by atoms with van der Waals surface area (Å²) in [5, 5.41) is 5.05. The summed E-state index contributed by atoms with van der Waals surface area (Å²) in [6.07, 6.45) is -0.499. The SMILES string of the molecule is Cc1ccc(OC(=O)N(CCc2ccc(-n3nc(C)c(Cl)c3C)cc2)S(=O)O)cc1. The van der Waals surface area contributed by atoms with Gasteiger partial charge in [0.25, 0.3) is 11.3 Å². The maximum atomic E-state index is 12.3. The molecule has 0 aliphatic carbocycles. The largest absolute Gasteiger partial charge is 0.428 e. The molecule has 1 N–H and O–H groups in total. The third kappa shape index (κ3) is 5.08. The van der Waals surface area contributed by atoms with Crippen molar-refractivity contribution >= 4 is 29.0 Å². The summed E-state index contributed by atoms with van der Waals surface area (Å²) in [5.74, 6) is 0.314. The highest BCUT2D eigenvalue weighted by atomic mass is 35.5. The summed E-state index contributed by atoms with van der Waals surface area (Å²) in [5.41, 5.74) is 4.37. The highest BCUT2D eigenvalue weighted by Crippen LogP contribution is 2.22. The van der Waals surface area contributed by atoms with Gasteiger partial charge in [-0.05, 0) is 57.0 Å². The number of rotatable bonds is 6. The molecular weight excluding hydrogens is 426 g/mol. The van der Waals surface area contributed by atoms with Crippen molar-refractivity contribution in [3.63, 3.8) is 0 Å². The van der Waals surface area contributed by atoms with Gasteiger partial charge in [0, 0.05) is 6.54 Å². The average Bonchev–Trinajstić information content (AvgIpc) is 2.97. The second-order valence-corrected chi connectivity index (χ2v) is 8.11. The number of aryl methyl sites for hydroxylation is 2. The highest BCUT2D eigenvalue weighted by molar-refractivity contribution is 7.77. The van der Waals surface area contributed by atoms with Crippen molar-refractivity contribution in [3.05, 3.63) is 76.1 Å². The zero-order valence-electron chi connectivity index (χ0n) is 16.8. The third-order valence-electron chi connectivity index (χ3n) is 4.61. The van der Waals surface area contributed by atoms with Gasteiger partial charge in [0.05, 0.1) is 22.1 Å². The molecular formula is C21H22ClN3O4S. The lowest BCUT2D eigenvalue weighted by Crippen LogP contribution is -2.36. The molecule has 1 amide bonds. The number of carbonyl (C=O) groups is 1. The topological polar surface area (TPSA) is 84.7 Å². The monoisotopic (exact) mass is 447 g/mol. The van der Waals surface area contributed by atoms with Gasteiger partial charge in [0.15, 0.2) is 0 Å². The lowest BCUT2D eigenvalue weighted by molar-refractivity contribution is 0.178. The van der Waals surface area contributed by atoms with E-state index in [2.05, 4.69) is 5.10 Å². The molecule has 1 heterocycles. The van der Waals surface area contributed by atoms with E-state index in [9.17, 15) is 13.6 Å². The molecule has 0 bridgehead atoms. The van der Waals surface area contributed by atoms with E-state index in [1.807, 2.05) is 45.0 Å². The van der Waals surface area contributed by atoms with E-state index in [4.69, 9.17) is 16.3 Å². The van der Waals surface area contributed by atoms with Gasteiger partial charge >= 0.3 is 6.09 Å². The molecule has 30 heavy (non-hydrogen) atoms. The summed E-state index contributed by atoms with van der Waals surface area (Å²) >= 11 is 3.71. The molecule has 2 aromatic carbocycles. The molecule has 0 aliphatic heterocycles. The molecule has 0 radical (unpaired) electrons. The van der Waals surface area contributed by atoms with Crippen molar-refractivity contribution in [2.45, 2.75) is 27.2 Å². The van der Waals surface area contributed by atoms with Gasteiger partial charge in [-0.3, -0.25) is 4.55 Å². The lowest BCUT2D eigenvalue weighted by atomic mass is 10.1. The first kappa shape index (κ1) is 22.0. The summed E-state index contributed by atoms with van der Waals surface area (Å²) in [6, 6.07) is 14.4. The minimum Gasteiger partial charge on any atom is -0.410 e. The summed E-state index contributed by atoms with van der Waals surface area (Å²) < 4.78 is 28.9. The molecule has 0 fully saturated rings. The van der Waals surface area contributed by atoms with Gasteiger partial charge < -0.3 is 4.74 Å². The van der Waals surface area contributed by atoms with Gasteiger partial charge in [-0.15, -0.1) is 0 Å². The van der Waals surface area contributed by atoms with Crippen LogP contribution in [0, 0.1) is 20.8 Å². The van der Waals surface area contributed by atoms with Crippen LogP contribution < -0.4 is 4.74 Å². The standard InChI is InChI=1S/C21H22ClN3O4S/c1-14-4-10-19(11-5-14)29-21(26)24(30(27)28)13-12-17-6-8-18(9-7-17)25-16(3)20(22)15(2)23-25/h4-11H,12-13H2,1-3H3,(H,27,28). The maximum absolute atomic E-state index is 12.3. The van der Waals surface area contributed by atoms with E-state index >= 15 is 0 Å². The van der Waals surface area contributed by atoms with Crippen LogP contribution in [0.4, 0.5) is 4.79 Å². The van der Waals surface area contributed by atoms with E-state index in [-0.39, 0.29) is 6.54 Å². The summed E-state index contributed by atoms with van der Waals surface area (Å²) in [4.78, 5) is 12.3. The van der Waals surface area contributed by atoms with Gasteiger partial charge in [-0.25, -0.2) is 18.0 Å². The zero-order valence-corrected chi connectivity index (χ0v) is 18.4. The third-order valence-corrected chi connectivity index (χ3v) is 5.86. The van der Waals surface area contributed by atoms with Crippen molar-refractivity contribution in [1.29, 1.82) is 0 Å². The maximum Gasteiger partial charge on any atom is 0.428 e. The number of halogens is 1. The first-order valence-corrected chi connectivity index (χ1v) is 10.7. The highest BCUT2D eigenvalue weighted by Gasteiger charge is 2.21. The molecule has 1 aromatic heterocycles. The number of hydrogen-bond donors (Lipinski definition) is 1. The average molecular weight is 448 g/mol. The lowest BCUT2D eigenvalue weighted by Gasteiger charge is -2.17. The number of hydrogen-bond acceptors (Lipinski definition) is 4. The Morgan fingerprint density at radius 2 is 1.77 bits per heavy atom. The molecule has 7 nitrogen and oxygen atoms in total. The van der Waals surface area contributed by atoms with Crippen molar-refractivity contribution in [3.8, 4) is 11.4 Å². The Morgan fingerprint density at radius 1 is 1.13 bits per heavy atom. The van der Waals surface area contributed by atoms with E-state index in [1.54, 1.807) is 28.9 Å². The van der Waals surface area contributed by atoms with Crippen molar-refractivity contribution < 1.29 is 18.3 Å². The second kappa shape index (κ2) is 9.42. The van der Waals surface area contributed by atoms with Crippen molar-refractivity contribution in [1.82, 2.24) is 14.1 Å². The number of carbonyl (C=O) groups excluding carboxylic acids is 1. The molecule has 1 atom stereocenters. The van der Waals surface area contributed by atoms with Crippen molar-refractivity contribution in [2.24, 2.45) is 0 Å². The molecule has 0 spiro atoms. The van der Waals surface area contributed by atoms with Crippen molar-refractivity contribution in [2.75, 3.05) is 6.54 Å². The minimum atomic E-state index is -2.49. The van der Waals surface area contributed by atoms with Crippen LogP contribution in [-0.4, -0.2) is 35.5 Å². The van der Waals surface area contributed by atoms with Gasteiger partial charge in [0.1, 0.15) is 5.75 Å². The van der Waals surface area contributed by atoms with E-state index in [0.29, 0.717) is 17.2 Å². The number of nitrogens with zero attached hydrogens (tertiary/aromatic N) is 3. The molecule has 0 saturated carbocycles. The summed E-state index contributed by atoms with van der Waals surface area (Å²) in [7, 11) is 0. The van der Waals surface area contributed by atoms with E-state index in [0.717, 1.165) is 32.5 Å². The van der Waals surface area contributed by atoms with Crippen LogP contribution in [0.25, 0.3) is 5.69 Å². The second-order valence-electron chi connectivity index (χ2n) is 6.83. The van der Waals surface area contributed by atoms with Crippen LogP contribution >= 0.6 is 11.6 Å². The van der Waals surface area contributed by atoms with Crippen LogP contribution in [-0.2, 0) is 17.7 Å². The van der Waals surface area contributed by atoms with E-state index < -0.39 is 17.4 Å². The van der Waals surface area contributed by atoms with Crippen LogP contribution in [0.1, 0.15) is 22.5 Å². The predicted octanol–water partition coefficient (Wildman–Crippen LogP) is 4.63. The molecule has 3 rings (SSSR count). The fourth-order valence-corrected chi connectivity index (χ4v) is 3.43. The molecule has 9 heteroatoms. The fraction of sp³-hybridized carbons (Fsp3) is 0.238. The Morgan fingerprint density at radius 3 is 2.30 bits per heavy atom. The Kier molecular flexibility index (Phi) is 6.91. The zero-order chi connectivity index (χ0) is 21.8. The number of ether oxygens (including phenoxy) is 1. The van der Waals surface area contributed by atoms with Gasteiger partial charge in [-0.1, -0.05) is 41.4 Å². The number of aromatic nitrogens is 2. The quantitative estimate of drug-likeness (QED) is 0.557. The fourth-order valence-electron chi connectivity index (χ4n) is 2.90. The van der Waals surface area contributed by atoms with Gasteiger partial charge in [-0.2, -0.15) is 5.10 Å². The molecule has 1 unspecified atom stereocenters. The molecule has 3 aromatic rings. The minimum absolute atomic E-state index is 0.0267. The predicted molar refractivity (Wildman–Crippen MR) is 116 cm³/mol. The van der Waals surface area contributed by atoms with Crippen LogP contribution in [0.15, 0.2) is 48.5 Å². The van der Waals surface area contributed by atoms with Crippen LogP contribution in [0.5, 0.6) is 5.75 Å². The molecule has 0 aliphatic rings. The normalized spacial score (nSPS) is 11.9. The number of benzene rings is 2. The van der Waals surface area contributed by atoms with Crippen LogP contribution in [0.2, 0.25) is 5.02 Å².